The molecule has 172 valence electrons. The van der Waals surface area contributed by atoms with Crippen molar-refractivity contribution >= 4 is 23.0 Å². The van der Waals surface area contributed by atoms with E-state index in [9.17, 15) is 4.79 Å². The molecule has 0 radical (unpaired) electrons. The molecule has 0 unspecified atom stereocenters. The van der Waals surface area contributed by atoms with Crippen molar-refractivity contribution in [1.82, 2.24) is 34.1 Å². The van der Waals surface area contributed by atoms with Gasteiger partial charge < -0.3 is 4.74 Å². The van der Waals surface area contributed by atoms with Crippen molar-refractivity contribution in [3.8, 4) is 17.1 Å². The molecule has 4 aromatic heterocycles. The first-order chi connectivity index (χ1) is 15.9. The maximum Gasteiger partial charge on any atom is 0.258 e. The van der Waals surface area contributed by atoms with E-state index in [1.54, 1.807) is 33.9 Å². The van der Waals surface area contributed by atoms with Gasteiger partial charge in [0.2, 0.25) is 11.8 Å². The zero-order valence-electron chi connectivity index (χ0n) is 19.4. The second-order valence-corrected chi connectivity index (χ2v) is 8.61. The topological polar surface area (TPSA) is 105 Å². The molecule has 5 rings (SSSR count). The molecular weight excluding hydrogens is 420 g/mol. The number of anilines is 1. The number of imidazole rings is 1. The summed E-state index contributed by atoms with van der Waals surface area (Å²) in [7, 11) is 3.75. The molecule has 10 heteroatoms. The van der Waals surface area contributed by atoms with Crippen LogP contribution in [0.3, 0.4) is 0 Å². The van der Waals surface area contributed by atoms with E-state index < -0.39 is 0 Å². The third-order valence-corrected chi connectivity index (χ3v) is 6.24. The van der Waals surface area contributed by atoms with Crippen LogP contribution in [0.15, 0.2) is 24.5 Å². The van der Waals surface area contributed by atoms with Gasteiger partial charge in [-0.25, -0.2) is 9.67 Å². The number of hydrogen-bond donors (Lipinski definition) is 1. The van der Waals surface area contributed by atoms with Crippen molar-refractivity contribution in [2.75, 3.05) is 11.9 Å². The minimum absolute atomic E-state index is 0.236. The van der Waals surface area contributed by atoms with Crippen molar-refractivity contribution in [3.63, 3.8) is 0 Å². The lowest BCUT2D eigenvalue weighted by molar-refractivity contribution is 0.102. The first-order valence-electron chi connectivity index (χ1n) is 11.3. The SMILES string of the molecule is CC[C@@H]1CCCOc2c(cnn2C)-c2cc(cc(C)n2)C(=O)Nc2nc3cnn(C)c3n2C1. The van der Waals surface area contributed by atoms with Gasteiger partial charge in [-0.3, -0.25) is 24.3 Å². The average Bonchev–Trinajstić information content (AvgIpc) is 3.44. The number of amides is 1. The number of carbonyl (C=O) groups excluding carboxylic acids is 1. The number of rotatable bonds is 1. The second-order valence-electron chi connectivity index (χ2n) is 8.61. The highest BCUT2D eigenvalue weighted by molar-refractivity contribution is 6.04. The van der Waals surface area contributed by atoms with Crippen LogP contribution in [-0.4, -0.2) is 46.6 Å². The van der Waals surface area contributed by atoms with Crippen molar-refractivity contribution in [2.24, 2.45) is 20.0 Å². The van der Waals surface area contributed by atoms with Crippen LogP contribution in [-0.2, 0) is 20.6 Å². The summed E-state index contributed by atoms with van der Waals surface area (Å²) in [5, 5.41) is 11.7. The highest BCUT2D eigenvalue weighted by Crippen LogP contribution is 2.30. The smallest absolute Gasteiger partial charge is 0.258 e. The van der Waals surface area contributed by atoms with Crippen LogP contribution < -0.4 is 10.1 Å². The molecule has 0 aromatic carbocycles. The summed E-state index contributed by atoms with van der Waals surface area (Å²) in [6.45, 7) is 5.38. The number of nitrogens with one attached hydrogen (secondary N) is 1. The normalized spacial score (nSPS) is 17.0. The molecule has 33 heavy (non-hydrogen) atoms. The summed E-state index contributed by atoms with van der Waals surface area (Å²) in [5.74, 6) is 1.36. The van der Waals surface area contributed by atoms with Crippen molar-refractivity contribution in [2.45, 2.75) is 39.7 Å². The number of hydrogen-bond acceptors (Lipinski definition) is 6. The molecule has 1 amide bonds. The predicted octanol–water partition coefficient (Wildman–Crippen LogP) is 3.32. The molecular formula is C23H28N8O2. The Morgan fingerprint density at radius 3 is 2.79 bits per heavy atom. The van der Waals surface area contributed by atoms with Crippen molar-refractivity contribution in [3.05, 3.63) is 35.8 Å². The van der Waals surface area contributed by atoms with E-state index in [-0.39, 0.29) is 5.91 Å². The number of fused-ring (bicyclic) bond motifs is 7. The van der Waals surface area contributed by atoms with Gasteiger partial charge in [-0.2, -0.15) is 10.2 Å². The quantitative estimate of drug-likeness (QED) is 0.479. The Balaban J connectivity index is 1.62. The van der Waals surface area contributed by atoms with Gasteiger partial charge in [-0.1, -0.05) is 13.3 Å². The lowest BCUT2D eigenvalue weighted by atomic mass is 10.0. The third kappa shape index (κ3) is 3.85. The van der Waals surface area contributed by atoms with E-state index >= 15 is 0 Å². The van der Waals surface area contributed by atoms with Crippen LogP contribution in [0.1, 0.15) is 42.2 Å². The second kappa shape index (κ2) is 8.34. The van der Waals surface area contributed by atoms with Crippen LogP contribution in [0.2, 0.25) is 0 Å². The van der Waals surface area contributed by atoms with E-state index in [1.165, 1.54) is 0 Å². The number of ether oxygens (including phenoxy) is 1. The number of carbonyl (C=O) groups is 1. The Kier molecular flexibility index (Phi) is 5.35. The molecule has 0 aliphatic carbocycles. The van der Waals surface area contributed by atoms with Crippen LogP contribution in [0.25, 0.3) is 22.4 Å². The lowest BCUT2D eigenvalue weighted by Gasteiger charge is -2.18. The van der Waals surface area contributed by atoms with Crippen molar-refractivity contribution < 1.29 is 9.53 Å². The van der Waals surface area contributed by atoms with Gasteiger partial charge in [0.25, 0.3) is 5.91 Å². The average molecular weight is 449 g/mol. The predicted molar refractivity (Wildman–Crippen MR) is 124 cm³/mol. The molecule has 1 aliphatic heterocycles. The molecule has 0 spiro atoms. The molecule has 1 N–H and O–H groups in total. The van der Waals surface area contributed by atoms with Gasteiger partial charge in [-0.05, 0) is 37.8 Å². The summed E-state index contributed by atoms with van der Waals surface area (Å²) < 4.78 is 11.7. The Morgan fingerprint density at radius 2 is 1.97 bits per heavy atom. The summed E-state index contributed by atoms with van der Waals surface area (Å²) in [5.41, 5.74) is 4.33. The van der Waals surface area contributed by atoms with Crippen LogP contribution in [0.4, 0.5) is 5.95 Å². The monoisotopic (exact) mass is 448 g/mol. The van der Waals surface area contributed by atoms with Crippen LogP contribution in [0, 0.1) is 12.8 Å². The zero-order valence-corrected chi connectivity index (χ0v) is 19.4. The number of aryl methyl sites for hydroxylation is 3. The highest BCUT2D eigenvalue weighted by atomic mass is 16.5. The van der Waals surface area contributed by atoms with Gasteiger partial charge in [-0.15, -0.1) is 0 Å². The van der Waals surface area contributed by atoms with Crippen molar-refractivity contribution in [1.29, 1.82) is 0 Å². The fourth-order valence-corrected chi connectivity index (χ4v) is 4.46. The highest BCUT2D eigenvalue weighted by Gasteiger charge is 2.22. The largest absolute Gasteiger partial charge is 0.477 e. The standard InChI is InChI=1S/C23H28N8O2/c1-5-15-7-6-8-33-22-17(11-24-30(22)4)18-10-16(9-14(2)26-18)20(32)28-23-27-19-12-25-29(3)21(19)31(23)13-15/h9-12,15H,5-8,13H2,1-4H3,(H,27,28,32)/t15-/m1/s1. The molecule has 10 nitrogen and oxygen atoms in total. The first kappa shape index (κ1) is 21.2. The minimum atomic E-state index is -0.236. The summed E-state index contributed by atoms with van der Waals surface area (Å²) in [6.07, 6.45) is 6.36. The fourth-order valence-electron chi connectivity index (χ4n) is 4.46. The zero-order chi connectivity index (χ0) is 23.1. The van der Waals surface area contributed by atoms with Gasteiger partial charge in [0, 0.05) is 31.9 Å². The van der Waals surface area contributed by atoms with Gasteiger partial charge in [0.05, 0.1) is 30.3 Å². The third-order valence-electron chi connectivity index (χ3n) is 6.24. The molecule has 0 saturated carbocycles. The van der Waals surface area contributed by atoms with E-state index in [0.29, 0.717) is 35.6 Å². The van der Waals surface area contributed by atoms with E-state index in [2.05, 4.69) is 37.0 Å². The first-order valence-corrected chi connectivity index (χ1v) is 11.3. The molecule has 5 heterocycles. The maximum absolute atomic E-state index is 13.3. The van der Waals surface area contributed by atoms with Crippen LogP contribution in [0.5, 0.6) is 5.88 Å². The molecule has 0 fully saturated rings. The van der Waals surface area contributed by atoms with E-state index in [4.69, 9.17) is 4.74 Å². The van der Waals surface area contributed by atoms with Gasteiger partial charge >= 0.3 is 0 Å². The summed E-state index contributed by atoms with van der Waals surface area (Å²) in [4.78, 5) is 22.6. The maximum atomic E-state index is 13.3. The molecule has 1 aliphatic rings. The molecule has 2 bridgehead atoms. The summed E-state index contributed by atoms with van der Waals surface area (Å²) >= 11 is 0. The van der Waals surface area contributed by atoms with Crippen LogP contribution >= 0.6 is 0 Å². The number of nitrogens with zero attached hydrogens (tertiary/aromatic N) is 7. The number of pyridine rings is 1. The Morgan fingerprint density at radius 1 is 1.15 bits per heavy atom. The minimum Gasteiger partial charge on any atom is -0.477 e. The lowest BCUT2D eigenvalue weighted by Crippen LogP contribution is -2.20. The molecule has 0 saturated heterocycles. The van der Waals surface area contributed by atoms with Gasteiger partial charge in [0.15, 0.2) is 5.65 Å². The summed E-state index contributed by atoms with van der Waals surface area (Å²) in [6, 6.07) is 3.55. The Labute approximate surface area is 191 Å². The van der Waals surface area contributed by atoms with E-state index in [0.717, 1.165) is 48.2 Å². The van der Waals surface area contributed by atoms with Gasteiger partial charge in [0.1, 0.15) is 5.52 Å². The Bertz CT molecular complexity index is 1330. The number of aromatic nitrogens is 7. The molecule has 1 atom stereocenters. The van der Waals surface area contributed by atoms with E-state index in [1.807, 2.05) is 21.0 Å². The fraction of sp³-hybridized carbons (Fsp3) is 0.435. The molecule has 4 aromatic rings. The Hall–Kier alpha value is -3.69.